The van der Waals surface area contributed by atoms with Crippen LogP contribution in [0.1, 0.15) is 38.5 Å². The number of hydrogen-bond acceptors (Lipinski definition) is 6. The Hall–Kier alpha value is -2.61. The van der Waals surface area contributed by atoms with Crippen LogP contribution in [0, 0.1) is 11.8 Å². The van der Waals surface area contributed by atoms with Gasteiger partial charge in [-0.15, -0.1) is 0 Å². The van der Waals surface area contributed by atoms with Crippen molar-refractivity contribution in [1.29, 1.82) is 0 Å². The lowest BCUT2D eigenvalue weighted by Gasteiger charge is -2.39. The van der Waals surface area contributed by atoms with Crippen LogP contribution in [0.5, 0.6) is 0 Å². The fraction of sp³-hybridized carbons (Fsp3) is 0.625. The van der Waals surface area contributed by atoms with Gasteiger partial charge in [-0.1, -0.05) is 0 Å². The van der Waals surface area contributed by atoms with Gasteiger partial charge in [0.2, 0.25) is 18.2 Å². The first kappa shape index (κ1) is 22.6. The molecule has 3 aliphatic rings. The third-order valence-electron chi connectivity index (χ3n) is 7.33. The molecule has 0 spiro atoms. The van der Waals surface area contributed by atoms with Gasteiger partial charge in [0.15, 0.2) is 0 Å². The fourth-order valence-corrected chi connectivity index (χ4v) is 5.48. The minimum Gasteiger partial charge on any atom is -0.376 e. The van der Waals surface area contributed by atoms with E-state index < -0.39 is 11.9 Å². The summed E-state index contributed by atoms with van der Waals surface area (Å²) in [5.41, 5.74) is 2.72. The highest BCUT2D eigenvalue weighted by Gasteiger charge is 2.33. The third kappa shape index (κ3) is 4.75. The van der Waals surface area contributed by atoms with E-state index in [0.717, 1.165) is 49.4 Å². The molecule has 8 heteroatoms. The molecule has 1 aromatic carbocycles. The molecule has 3 aliphatic heterocycles. The number of carbonyl (C=O) groups excluding carboxylic acids is 3. The van der Waals surface area contributed by atoms with E-state index in [-0.39, 0.29) is 12.3 Å². The van der Waals surface area contributed by atoms with Crippen molar-refractivity contribution in [2.75, 3.05) is 55.0 Å². The summed E-state index contributed by atoms with van der Waals surface area (Å²) in [7, 11) is 3.89. The van der Waals surface area contributed by atoms with Gasteiger partial charge in [0.25, 0.3) is 0 Å². The zero-order valence-corrected chi connectivity index (χ0v) is 19.2. The average Bonchev–Trinajstić information content (AvgIpc) is 2.81. The van der Waals surface area contributed by atoms with Crippen LogP contribution in [0.15, 0.2) is 18.2 Å². The molecule has 0 saturated carbocycles. The first-order chi connectivity index (χ1) is 15.5. The van der Waals surface area contributed by atoms with Crippen LogP contribution in [0.25, 0.3) is 0 Å². The molecule has 32 heavy (non-hydrogen) atoms. The predicted molar refractivity (Wildman–Crippen MR) is 126 cm³/mol. The van der Waals surface area contributed by atoms with E-state index in [0.29, 0.717) is 18.5 Å². The number of benzene rings is 1. The normalized spacial score (nSPS) is 23.1. The van der Waals surface area contributed by atoms with Gasteiger partial charge in [0, 0.05) is 39.3 Å². The van der Waals surface area contributed by atoms with Gasteiger partial charge in [-0.25, -0.2) is 0 Å². The molecule has 2 N–H and O–H groups in total. The number of nitrogens with zero attached hydrogens (tertiary/aromatic N) is 3. The van der Waals surface area contributed by atoms with Gasteiger partial charge in [0.1, 0.15) is 6.04 Å². The Morgan fingerprint density at radius 2 is 1.66 bits per heavy atom. The molecule has 0 bridgehead atoms. The molecule has 3 saturated heterocycles. The van der Waals surface area contributed by atoms with Gasteiger partial charge in [-0.3, -0.25) is 19.7 Å². The highest BCUT2D eigenvalue weighted by atomic mass is 16.2. The lowest BCUT2D eigenvalue weighted by molar-refractivity contribution is -0.134. The Kier molecular flexibility index (Phi) is 6.98. The second-order valence-electron chi connectivity index (χ2n) is 9.46. The summed E-state index contributed by atoms with van der Waals surface area (Å²) in [6.07, 6.45) is 6.32. The summed E-state index contributed by atoms with van der Waals surface area (Å²) in [5, 5.41) is 5.82. The molecule has 0 aliphatic carbocycles. The van der Waals surface area contributed by atoms with E-state index in [1.54, 1.807) is 0 Å². The Morgan fingerprint density at radius 1 is 0.969 bits per heavy atom. The smallest absolute Gasteiger partial charge is 0.249 e. The van der Waals surface area contributed by atoms with Crippen molar-refractivity contribution in [1.82, 2.24) is 10.6 Å². The van der Waals surface area contributed by atoms with Gasteiger partial charge in [-0.05, 0) is 75.2 Å². The summed E-state index contributed by atoms with van der Waals surface area (Å²) in [6, 6.07) is 5.43. The average molecular weight is 442 g/mol. The number of anilines is 3. The van der Waals surface area contributed by atoms with E-state index in [1.165, 1.54) is 30.6 Å². The first-order valence-corrected chi connectivity index (χ1v) is 11.8. The van der Waals surface area contributed by atoms with Crippen LogP contribution in [-0.4, -0.2) is 64.5 Å². The topological polar surface area (TPSA) is 85.0 Å². The van der Waals surface area contributed by atoms with E-state index in [1.807, 2.05) is 25.1 Å². The van der Waals surface area contributed by atoms with Gasteiger partial charge < -0.3 is 20.0 Å². The number of nitrogens with one attached hydrogen (secondary N) is 2. The van der Waals surface area contributed by atoms with Crippen molar-refractivity contribution in [3.63, 3.8) is 0 Å². The van der Waals surface area contributed by atoms with Crippen LogP contribution in [0.3, 0.4) is 0 Å². The third-order valence-corrected chi connectivity index (χ3v) is 7.33. The Balaban J connectivity index is 1.50. The van der Waals surface area contributed by atoms with Crippen molar-refractivity contribution < 1.29 is 14.4 Å². The SMILES string of the molecule is CN(C)c1cc(N2CCC(C3CCNCC3)CC2)ccc1N(C=O)C1CCC(=O)NC1=O. The fourth-order valence-electron chi connectivity index (χ4n) is 5.48. The molecule has 3 heterocycles. The Bertz CT molecular complexity index is 844. The maximum Gasteiger partial charge on any atom is 0.249 e. The van der Waals surface area contributed by atoms with Crippen LogP contribution in [0.2, 0.25) is 0 Å². The van der Waals surface area contributed by atoms with Gasteiger partial charge in [0.05, 0.1) is 11.4 Å². The molecule has 4 rings (SSSR count). The molecule has 1 unspecified atom stereocenters. The minimum atomic E-state index is -0.671. The monoisotopic (exact) mass is 441 g/mol. The van der Waals surface area contributed by atoms with Crippen molar-refractivity contribution in [3.8, 4) is 0 Å². The molecular weight excluding hydrogens is 406 g/mol. The lowest BCUT2D eigenvalue weighted by Crippen LogP contribution is -2.52. The highest BCUT2D eigenvalue weighted by Crippen LogP contribution is 2.37. The number of imide groups is 1. The largest absolute Gasteiger partial charge is 0.376 e. The highest BCUT2D eigenvalue weighted by molar-refractivity contribution is 6.04. The summed E-state index contributed by atoms with van der Waals surface area (Å²) in [4.78, 5) is 41.8. The molecule has 3 fully saturated rings. The summed E-state index contributed by atoms with van der Waals surface area (Å²) in [6.45, 7) is 4.40. The van der Waals surface area contributed by atoms with Crippen molar-refractivity contribution in [2.24, 2.45) is 11.8 Å². The zero-order valence-electron chi connectivity index (χ0n) is 19.2. The van der Waals surface area contributed by atoms with E-state index in [4.69, 9.17) is 0 Å². The Morgan fingerprint density at radius 3 is 2.28 bits per heavy atom. The number of amides is 3. The lowest BCUT2D eigenvalue weighted by atomic mass is 9.79. The maximum atomic E-state index is 12.4. The zero-order chi connectivity index (χ0) is 22.7. The van der Waals surface area contributed by atoms with E-state index >= 15 is 0 Å². The molecule has 8 nitrogen and oxygen atoms in total. The second-order valence-corrected chi connectivity index (χ2v) is 9.46. The molecular formula is C24H35N5O3. The second kappa shape index (κ2) is 9.90. The van der Waals surface area contributed by atoms with Crippen molar-refractivity contribution in [2.45, 2.75) is 44.6 Å². The van der Waals surface area contributed by atoms with Crippen LogP contribution < -0.4 is 25.3 Å². The van der Waals surface area contributed by atoms with Gasteiger partial charge >= 0.3 is 0 Å². The molecule has 1 atom stereocenters. The number of carbonyl (C=O) groups is 3. The molecule has 0 aromatic heterocycles. The van der Waals surface area contributed by atoms with Crippen LogP contribution in [-0.2, 0) is 14.4 Å². The quantitative estimate of drug-likeness (QED) is 0.517. The summed E-state index contributed by atoms with van der Waals surface area (Å²) in [5.74, 6) is 0.974. The van der Waals surface area contributed by atoms with E-state index in [2.05, 4.69) is 27.7 Å². The maximum absolute atomic E-state index is 12.4. The molecule has 0 radical (unpaired) electrons. The van der Waals surface area contributed by atoms with E-state index in [9.17, 15) is 14.4 Å². The number of rotatable bonds is 6. The first-order valence-electron chi connectivity index (χ1n) is 11.8. The van der Waals surface area contributed by atoms with Crippen LogP contribution in [0.4, 0.5) is 17.1 Å². The minimum absolute atomic E-state index is 0.238. The number of hydrogen-bond donors (Lipinski definition) is 2. The summed E-state index contributed by atoms with van der Waals surface area (Å²) < 4.78 is 0. The van der Waals surface area contributed by atoms with Crippen molar-refractivity contribution >= 4 is 35.3 Å². The molecule has 174 valence electrons. The standard InChI is InChI=1S/C24H35N5O3/c1-27(2)22-15-19(28-13-9-18(10-14-28)17-7-11-25-12-8-17)3-4-20(22)29(16-30)21-5-6-23(31)26-24(21)32/h3-4,15-18,21,25H,5-14H2,1-2H3,(H,26,31,32). The van der Waals surface area contributed by atoms with Crippen molar-refractivity contribution in [3.05, 3.63) is 18.2 Å². The van der Waals surface area contributed by atoms with Crippen LogP contribution >= 0.6 is 0 Å². The molecule has 1 aromatic rings. The predicted octanol–water partition coefficient (Wildman–Crippen LogP) is 1.74. The van der Waals surface area contributed by atoms with Gasteiger partial charge in [-0.2, -0.15) is 0 Å². The number of piperidine rings is 3. The summed E-state index contributed by atoms with van der Waals surface area (Å²) >= 11 is 0. The Labute approximate surface area is 190 Å². The molecule has 3 amide bonds.